The largest absolute Gasteiger partial charge is 0.362 e. The number of nitriles is 1. The van der Waals surface area contributed by atoms with Crippen molar-refractivity contribution >= 4 is 35.1 Å². The fourth-order valence-corrected chi connectivity index (χ4v) is 2.98. The summed E-state index contributed by atoms with van der Waals surface area (Å²) in [6, 6.07) is 10.3. The molecule has 0 aliphatic rings. The van der Waals surface area contributed by atoms with Gasteiger partial charge in [-0.3, -0.25) is 0 Å². The van der Waals surface area contributed by atoms with E-state index in [4.69, 9.17) is 5.26 Å². The molecule has 2 aromatic rings. The van der Waals surface area contributed by atoms with Gasteiger partial charge in [0.2, 0.25) is 0 Å². The van der Waals surface area contributed by atoms with Crippen LogP contribution in [0, 0.1) is 18.3 Å². The molecule has 3 nitrogen and oxygen atoms in total. The molecule has 19 heavy (non-hydrogen) atoms. The average molecular weight is 287 g/mol. The Morgan fingerprint density at radius 3 is 2.74 bits per heavy atom. The van der Waals surface area contributed by atoms with Gasteiger partial charge >= 0.3 is 0 Å². The lowest BCUT2D eigenvalue weighted by Crippen LogP contribution is -1.86. The molecule has 0 spiro atoms. The van der Waals surface area contributed by atoms with Gasteiger partial charge in [0.25, 0.3) is 0 Å². The minimum Gasteiger partial charge on any atom is -0.362 e. The maximum absolute atomic E-state index is 9.12. The van der Waals surface area contributed by atoms with Gasteiger partial charge in [0.15, 0.2) is 0 Å². The molecule has 0 fully saturated rings. The lowest BCUT2D eigenvalue weighted by atomic mass is 10.2. The van der Waals surface area contributed by atoms with Crippen LogP contribution in [0.4, 0.5) is 5.69 Å². The first-order chi connectivity index (χ1) is 9.24. The van der Waals surface area contributed by atoms with Crippen LogP contribution in [-0.4, -0.2) is 10.6 Å². The number of hydrogen-bond acceptors (Lipinski definition) is 5. The van der Waals surface area contributed by atoms with Crippen LogP contribution in [0.25, 0.3) is 6.08 Å². The van der Waals surface area contributed by atoms with Crippen molar-refractivity contribution in [2.24, 2.45) is 0 Å². The Morgan fingerprint density at radius 1 is 1.37 bits per heavy atom. The van der Waals surface area contributed by atoms with E-state index in [9.17, 15) is 0 Å². The molecule has 0 saturated heterocycles. The van der Waals surface area contributed by atoms with E-state index in [1.54, 1.807) is 0 Å². The molecule has 0 aliphatic heterocycles. The molecule has 0 aliphatic carbocycles. The van der Waals surface area contributed by atoms with Crippen molar-refractivity contribution in [2.45, 2.75) is 11.9 Å². The van der Waals surface area contributed by atoms with Gasteiger partial charge < -0.3 is 5.32 Å². The predicted octanol–water partition coefficient (Wildman–Crippen LogP) is 4.13. The summed E-state index contributed by atoms with van der Waals surface area (Å²) in [7, 11) is 0. The Labute approximate surface area is 121 Å². The fraction of sp³-hybridized carbons (Fsp3) is 0.143. The second-order valence-corrected chi connectivity index (χ2v) is 5.49. The van der Waals surface area contributed by atoms with Crippen molar-refractivity contribution in [3.8, 4) is 6.07 Å². The van der Waals surface area contributed by atoms with E-state index in [1.807, 2.05) is 30.7 Å². The lowest BCUT2D eigenvalue weighted by molar-refractivity contribution is 1.25. The molecule has 1 N–H and O–H groups in total. The summed E-state index contributed by atoms with van der Waals surface area (Å²) in [5.74, 6) is 0. The van der Waals surface area contributed by atoms with Crippen LogP contribution in [0.15, 0.2) is 35.5 Å². The van der Waals surface area contributed by atoms with Crippen molar-refractivity contribution in [3.63, 3.8) is 0 Å². The molecule has 1 heterocycles. The van der Waals surface area contributed by atoms with E-state index in [-0.39, 0.29) is 0 Å². The van der Waals surface area contributed by atoms with Crippen LogP contribution in [0.5, 0.6) is 0 Å². The van der Waals surface area contributed by atoms with E-state index >= 15 is 0 Å². The highest BCUT2D eigenvalue weighted by molar-refractivity contribution is 7.98. The van der Waals surface area contributed by atoms with Crippen molar-refractivity contribution in [1.82, 2.24) is 4.37 Å². The summed E-state index contributed by atoms with van der Waals surface area (Å²) >= 11 is 2.84. The number of benzene rings is 1. The number of aryl methyl sites for hydroxylation is 1. The third-order valence-electron chi connectivity index (χ3n) is 2.53. The molecule has 0 unspecified atom stereocenters. The average Bonchev–Trinajstić information content (AvgIpc) is 2.83. The van der Waals surface area contributed by atoms with Crippen LogP contribution in [0.2, 0.25) is 0 Å². The molecular weight excluding hydrogens is 274 g/mol. The predicted molar refractivity (Wildman–Crippen MR) is 82.4 cm³/mol. The van der Waals surface area contributed by atoms with Crippen molar-refractivity contribution in [3.05, 3.63) is 46.5 Å². The number of hydrogen-bond donors (Lipinski definition) is 1. The van der Waals surface area contributed by atoms with Gasteiger partial charge in [-0.2, -0.15) is 9.64 Å². The van der Waals surface area contributed by atoms with Crippen LogP contribution in [-0.2, 0) is 0 Å². The number of rotatable bonds is 4. The summed E-state index contributed by atoms with van der Waals surface area (Å²) < 4.78 is 4.25. The minimum absolute atomic E-state index is 0.652. The minimum atomic E-state index is 0.652. The zero-order valence-electron chi connectivity index (χ0n) is 10.7. The zero-order valence-corrected chi connectivity index (χ0v) is 12.3. The topological polar surface area (TPSA) is 48.7 Å². The molecule has 0 amide bonds. The Bertz CT molecular complexity index is 621. The highest BCUT2D eigenvalue weighted by Crippen LogP contribution is 2.26. The number of anilines is 1. The number of thioether (sulfide) groups is 1. The molecule has 2 rings (SSSR count). The summed E-state index contributed by atoms with van der Waals surface area (Å²) in [4.78, 5) is 0.881. The van der Waals surface area contributed by atoms with Crippen molar-refractivity contribution < 1.29 is 0 Å². The lowest BCUT2D eigenvalue weighted by Gasteiger charge is -2.00. The maximum Gasteiger partial charge on any atom is 0.128 e. The van der Waals surface area contributed by atoms with Gasteiger partial charge in [-0.25, -0.2) is 0 Å². The normalized spacial score (nSPS) is 10.6. The molecule has 0 radical (unpaired) electrons. The monoisotopic (exact) mass is 287 g/mol. The molecule has 96 valence electrons. The van der Waals surface area contributed by atoms with E-state index in [1.165, 1.54) is 28.9 Å². The summed E-state index contributed by atoms with van der Waals surface area (Å²) in [5, 5.41) is 13.1. The van der Waals surface area contributed by atoms with Crippen LogP contribution < -0.4 is 5.32 Å². The highest BCUT2D eigenvalue weighted by Gasteiger charge is 2.09. The Morgan fingerprint density at radius 2 is 2.11 bits per heavy atom. The van der Waals surface area contributed by atoms with Gasteiger partial charge in [-0.05, 0) is 42.9 Å². The van der Waals surface area contributed by atoms with Crippen molar-refractivity contribution in [2.75, 3.05) is 11.6 Å². The van der Waals surface area contributed by atoms with Crippen LogP contribution in [0.1, 0.15) is 16.0 Å². The molecule has 5 heteroatoms. The third kappa shape index (κ3) is 3.37. The molecule has 1 aromatic heterocycles. The van der Waals surface area contributed by atoms with Gasteiger partial charge in [0.05, 0.1) is 4.88 Å². The van der Waals surface area contributed by atoms with Gasteiger partial charge in [-0.1, -0.05) is 17.7 Å². The summed E-state index contributed by atoms with van der Waals surface area (Å²) in [5.41, 5.74) is 2.91. The highest BCUT2D eigenvalue weighted by atomic mass is 32.2. The number of nitrogens with zero attached hydrogens (tertiary/aromatic N) is 2. The standard InChI is InChI=1S/C14H13N3S2/c1-10-3-5-11(6-4-10)16-8-7-13-12(9-15)14(18-2)17-19-13/h3-8,16H,1-2H3. The van der Waals surface area contributed by atoms with Crippen LogP contribution >= 0.6 is 23.3 Å². The first-order valence-corrected chi connectivity index (χ1v) is 7.68. The SMILES string of the molecule is CSc1nsc(C=CNc2ccc(C)cc2)c1C#N. The van der Waals surface area contributed by atoms with E-state index < -0.39 is 0 Å². The maximum atomic E-state index is 9.12. The van der Waals surface area contributed by atoms with E-state index in [0.29, 0.717) is 5.56 Å². The Balaban J connectivity index is 2.09. The molecule has 1 aromatic carbocycles. The first-order valence-electron chi connectivity index (χ1n) is 5.68. The van der Waals surface area contributed by atoms with Crippen LogP contribution in [0.3, 0.4) is 0 Å². The van der Waals surface area contributed by atoms with Crippen molar-refractivity contribution in [1.29, 1.82) is 5.26 Å². The Hall–Kier alpha value is -1.77. The summed E-state index contributed by atoms with van der Waals surface area (Å²) in [6.45, 7) is 2.06. The third-order valence-corrected chi connectivity index (χ3v) is 4.14. The van der Waals surface area contributed by atoms with Gasteiger partial charge in [0.1, 0.15) is 16.7 Å². The smallest absolute Gasteiger partial charge is 0.128 e. The first kappa shape index (κ1) is 13.7. The second-order valence-electron chi connectivity index (χ2n) is 3.89. The molecule has 0 atom stereocenters. The van der Waals surface area contributed by atoms with Gasteiger partial charge in [0, 0.05) is 11.9 Å². The number of aromatic nitrogens is 1. The van der Waals surface area contributed by atoms with E-state index in [2.05, 4.69) is 34.8 Å². The molecular formula is C14H13N3S2. The number of nitrogens with one attached hydrogen (secondary N) is 1. The van der Waals surface area contributed by atoms with E-state index in [0.717, 1.165) is 15.6 Å². The molecule has 0 bridgehead atoms. The molecule has 0 saturated carbocycles. The fourth-order valence-electron chi connectivity index (χ4n) is 1.51. The second kappa shape index (κ2) is 6.41. The summed E-state index contributed by atoms with van der Waals surface area (Å²) in [6.07, 6.45) is 5.65. The zero-order chi connectivity index (χ0) is 13.7. The quantitative estimate of drug-likeness (QED) is 0.859. The Kier molecular flexibility index (Phi) is 4.61. The van der Waals surface area contributed by atoms with Gasteiger partial charge in [-0.15, -0.1) is 11.8 Å².